The highest BCUT2D eigenvalue weighted by Gasteiger charge is 2.16. The van der Waals surface area contributed by atoms with Crippen molar-refractivity contribution in [3.05, 3.63) is 35.4 Å². The highest BCUT2D eigenvalue weighted by Crippen LogP contribution is 2.27. The summed E-state index contributed by atoms with van der Waals surface area (Å²) >= 11 is 0. The van der Waals surface area contributed by atoms with E-state index in [0.29, 0.717) is 0 Å². The Morgan fingerprint density at radius 1 is 1.22 bits per heavy atom. The second-order valence-corrected chi connectivity index (χ2v) is 5.23. The highest BCUT2D eigenvalue weighted by atomic mass is 15.2. The molecule has 0 radical (unpaired) electrons. The minimum atomic E-state index is 0.285. The van der Waals surface area contributed by atoms with Crippen LogP contribution in [0.5, 0.6) is 0 Å². The third-order valence-corrected chi connectivity index (χ3v) is 3.88. The van der Waals surface area contributed by atoms with E-state index in [1.165, 1.54) is 36.8 Å². The number of rotatable bonds is 8. The fraction of sp³-hybridized carbons (Fsp3) is 0.625. The lowest BCUT2D eigenvalue weighted by Crippen LogP contribution is -2.30. The number of hydrogen-bond acceptors (Lipinski definition) is 2. The number of hydrazine groups is 1. The third kappa shape index (κ3) is 4.43. The lowest BCUT2D eigenvalue weighted by atomic mass is 9.88. The van der Waals surface area contributed by atoms with E-state index in [1.807, 2.05) is 0 Å². The third-order valence-electron chi connectivity index (χ3n) is 3.88. The predicted octanol–water partition coefficient (Wildman–Crippen LogP) is 4.11. The van der Waals surface area contributed by atoms with Crippen LogP contribution in [0.3, 0.4) is 0 Å². The fourth-order valence-electron chi connectivity index (χ4n) is 2.58. The summed E-state index contributed by atoms with van der Waals surface area (Å²) in [5.74, 6) is 6.52. The predicted molar refractivity (Wildman–Crippen MR) is 79.2 cm³/mol. The second-order valence-electron chi connectivity index (χ2n) is 5.23. The molecule has 2 nitrogen and oxygen atoms in total. The van der Waals surface area contributed by atoms with Crippen LogP contribution in [0.4, 0.5) is 0 Å². The molecule has 2 heteroatoms. The maximum absolute atomic E-state index is 5.76. The van der Waals surface area contributed by atoms with Crippen LogP contribution >= 0.6 is 0 Å². The van der Waals surface area contributed by atoms with Crippen molar-refractivity contribution in [1.29, 1.82) is 0 Å². The molecule has 0 bridgehead atoms. The van der Waals surface area contributed by atoms with Crippen LogP contribution in [0.25, 0.3) is 0 Å². The number of nitrogens with one attached hydrogen (secondary N) is 1. The summed E-state index contributed by atoms with van der Waals surface area (Å²) in [5, 5.41) is 0. The molecule has 0 fully saturated rings. The minimum absolute atomic E-state index is 0.285. The first kappa shape index (κ1) is 15.2. The molecule has 102 valence electrons. The molecule has 0 aliphatic rings. The molecule has 2 atom stereocenters. The number of hydrogen-bond donors (Lipinski definition) is 2. The summed E-state index contributed by atoms with van der Waals surface area (Å²) in [6.45, 7) is 6.70. The Balaban J connectivity index is 2.68. The van der Waals surface area contributed by atoms with Crippen molar-refractivity contribution < 1.29 is 0 Å². The van der Waals surface area contributed by atoms with E-state index in [2.05, 4.69) is 50.5 Å². The van der Waals surface area contributed by atoms with Gasteiger partial charge in [0, 0.05) is 6.04 Å². The van der Waals surface area contributed by atoms with Gasteiger partial charge in [0.05, 0.1) is 0 Å². The molecule has 2 unspecified atom stereocenters. The van der Waals surface area contributed by atoms with Gasteiger partial charge in [-0.05, 0) is 30.4 Å². The Morgan fingerprint density at radius 3 is 2.50 bits per heavy atom. The molecular formula is C16H28N2. The zero-order chi connectivity index (χ0) is 13.4. The first-order valence-electron chi connectivity index (χ1n) is 7.24. The van der Waals surface area contributed by atoms with Gasteiger partial charge in [-0.15, -0.1) is 0 Å². The SMILES string of the molecule is CCCCC(CC)CC(NN)c1ccccc1C. The van der Waals surface area contributed by atoms with Gasteiger partial charge >= 0.3 is 0 Å². The Kier molecular flexibility index (Phi) is 6.99. The Hall–Kier alpha value is -0.860. The normalized spacial score (nSPS) is 14.4. The fourth-order valence-corrected chi connectivity index (χ4v) is 2.58. The molecule has 0 saturated heterocycles. The van der Waals surface area contributed by atoms with E-state index >= 15 is 0 Å². The van der Waals surface area contributed by atoms with E-state index in [1.54, 1.807) is 0 Å². The zero-order valence-electron chi connectivity index (χ0n) is 12.1. The summed E-state index contributed by atoms with van der Waals surface area (Å²) in [6, 6.07) is 8.81. The molecule has 18 heavy (non-hydrogen) atoms. The summed E-state index contributed by atoms with van der Waals surface area (Å²) in [7, 11) is 0. The molecule has 0 aromatic heterocycles. The number of unbranched alkanes of at least 4 members (excludes halogenated alkanes) is 1. The van der Waals surface area contributed by atoms with Crippen LogP contribution < -0.4 is 11.3 Å². The molecule has 1 aromatic carbocycles. The van der Waals surface area contributed by atoms with Crippen molar-refractivity contribution >= 4 is 0 Å². The van der Waals surface area contributed by atoms with Gasteiger partial charge in [0.15, 0.2) is 0 Å². The van der Waals surface area contributed by atoms with Crippen LogP contribution in [0.2, 0.25) is 0 Å². The number of nitrogens with two attached hydrogens (primary N) is 1. The molecule has 0 aliphatic carbocycles. The average molecular weight is 248 g/mol. The van der Waals surface area contributed by atoms with Crippen LogP contribution in [0.1, 0.15) is 63.1 Å². The smallest absolute Gasteiger partial charge is 0.0465 e. The molecule has 0 amide bonds. The van der Waals surface area contributed by atoms with Gasteiger partial charge in [-0.2, -0.15) is 0 Å². The van der Waals surface area contributed by atoms with E-state index in [-0.39, 0.29) is 6.04 Å². The van der Waals surface area contributed by atoms with Crippen molar-refractivity contribution in [2.45, 2.75) is 58.9 Å². The monoisotopic (exact) mass is 248 g/mol. The van der Waals surface area contributed by atoms with E-state index in [4.69, 9.17) is 5.84 Å². The molecule has 0 heterocycles. The summed E-state index contributed by atoms with van der Waals surface area (Å²) in [5.41, 5.74) is 5.67. The van der Waals surface area contributed by atoms with Gasteiger partial charge in [-0.25, -0.2) is 0 Å². The van der Waals surface area contributed by atoms with Gasteiger partial charge in [-0.1, -0.05) is 63.8 Å². The quantitative estimate of drug-likeness (QED) is 0.537. The Morgan fingerprint density at radius 2 is 1.94 bits per heavy atom. The van der Waals surface area contributed by atoms with Crippen LogP contribution in [-0.2, 0) is 0 Å². The van der Waals surface area contributed by atoms with E-state index < -0.39 is 0 Å². The summed E-state index contributed by atoms with van der Waals surface area (Å²) in [4.78, 5) is 0. The lowest BCUT2D eigenvalue weighted by Gasteiger charge is -2.23. The van der Waals surface area contributed by atoms with Crippen molar-refractivity contribution in [2.24, 2.45) is 11.8 Å². The minimum Gasteiger partial charge on any atom is -0.271 e. The van der Waals surface area contributed by atoms with Crippen LogP contribution in [-0.4, -0.2) is 0 Å². The zero-order valence-corrected chi connectivity index (χ0v) is 12.1. The maximum Gasteiger partial charge on any atom is 0.0465 e. The molecule has 0 spiro atoms. The van der Waals surface area contributed by atoms with Crippen molar-refractivity contribution in [2.75, 3.05) is 0 Å². The maximum atomic E-state index is 5.76. The molecule has 3 N–H and O–H groups in total. The molecule has 1 aromatic rings. The molecule has 0 aliphatic heterocycles. The first-order valence-corrected chi connectivity index (χ1v) is 7.24. The largest absolute Gasteiger partial charge is 0.271 e. The van der Waals surface area contributed by atoms with E-state index in [9.17, 15) is 0 Å². The molecular weight excluding hydrogens is 220 g/mol. The lowest BCUT2D eigenvalue weighted by molar-refractivity contribution is 0.355. The van der Waals surface area contributed by atoms with Gasteiger partial charge in [-0.3, -0.25) is 11.3 Å². The van der Waals surface area contributed by atoms with Gasteiger partial charge in [0.25, 0.3) is 0 Å². The number of benzene rings is 1. The molecule has 1 rings (SSSR count). The van der Waals surface area contributed by atoms with Gasteiger partial charge < -0.3 is 0 Å². The van der Waals surface area contributed by atoms with Crippen molar-refractivity contribution in [3.8, 4) is 0 Å². The second kappa shape index (κ2) is 8.28. The van der Waals surface area contributed by atoms with Gasteiger partial charge in [0.1, 0.15) is 0 Å². The van der Waals surface area contributed by atoms with E-state index in [0.717, 1.165) is 12.3 Å². The molecule has 0 saturated carbocycles. The topological polar surface area (TPSA) is 38.0 Å². The first-order chi connectivity index (χ1) is 8.72. The Bertz CT molecular complexity index is 336. The summed E-state index contributed by atoms with van der Waals surface area (Å²) < 4.78 is 0. The van der Waals surface area contributed by atoms with Crippen molar-refractivity contribution in [3.63, 3.8) is 0 Å². The van der Waals surface area contributed by atoms with Gasteiger partial charge in [0.2, 0.25) is 0 Å². The van der Waals surface area contributed by atoms with Crippen LogP contribution in [0, 0.1) is 12.8 Å². The van der Waals surface area contributed by atoms with Crippen LogP contribution in [0.15, 0.2) is 24.3 Å². The highest BCUT2D eigenvalue weighted by molar-refractivity contribution is 5.28. The van der Waals surface area contributed by atoms with Crippen molar-refractivity contribution in [1.82, 2.24) is 5.43 Å². The number of aryl methyl sites for hydroxylation is 1. The standard InChI is InChI=1S/C16H28N2/c1-4-6-10-14(5-2)12-16(18-17)15-11-8-7-9-13(15)3/h7-9,11,14,16,18H,4-6,10,12,17H2,1-3H3. The summed E-state index contributed by atoms with van der Waals surface area (Å²) in [6.07, 6.45) is 6.30. The Labute approximate surface area is 112 Å². The average Bonchev–Trinajstić information content (AvgIpc) is 2.40.